The Morgan fingerprint density at radius 1 is 0.741 bits per heavy atom. The molecule has 4 bridgehead atoms. The van der Waals surface area contributed by atoms with Gasteiger partial charge in [-0.3, -0.25) is 14.4 Å². The predicted molar refractivity (Wildman–Crippen MR) is 105 cm³/mol. The van der Waals surface area contributed by atoms with Gasteiger partial charge in [-0.05, 0) is 83.7 Å². The van der Waals surface area contributed by atoms with E-state index in [9.17, 15) is 19.5 Å². The van der Waals surface area contributed by atoms with Crippen molar-refractivity contribution in [2.75, 3.05) is 0 Å². The highest BCUT2D eigenvalue weighted by Crippen LogP contribution is 2.70. The normalized spacial score (nSPS) is 37.8. The minimum atomic E-state index is -2.12. The second-order valence-corrected chi connectivity index (χ2v) is 20.0. The van der Waals surface area contributed by atoms with Crippen LogP contribution in [0.25, 0.3) is 0 Å². The van der Waals surface area contributed by atoms with E-state index in [-0.39, 0.29) is 30.7 Å². The Labute approximate surface area is 163 Å². The molecule has 27 heavy (non-hydrogen) atoms. The van der Waals surface area contributed by atoms with Gasteiger partial charge >= 0.3 is 5.97 Å². The van der Waals surface area contributed by atoms with Crippen molar-refractivity contribution >= 4 is 34.5 Å². The van der Waals surface area contributed by atoms with Crippen LogP contribution in [0.3, 0.4) is 0 Å². The van der Waals surface area contributed by atoms with E-state index in [4.69, 9.17) is 8.85 Å². The molecule has 0 radical (unpaired) electrons. The topological polar surface area (TPSA) is 89.9 Å². The molecule has 0 spiro atoms. The second kappa shape index (κ2) is 5.92. The van der Waals surface area contributed by atoms with Gasteiger partial charge in [-0.1, -0.05) is 0 Å². The molecule has 4 rings (SSSR count). The van der Waals surface area contributed by atoms with Gasteiger partial charge in [0.15, 0.2) is 0 Å². The van der Waals surface area contributed by atoms with Gasteiger partial charge in [0.1, 0.15) is 0 Å². The summed E-state index contributed by atoms with van der Waals surface area (Å²) in [5, 5.41) is 10.0. The summed E-state index contributed by atoms with van der Waals surface area (Å²) in [5.41, 5.74) is -2.75. The SMILES string of the molecule is C[Si](C)(C)OC(=O)C12CC3CC(C(=O)O)(C1)CC(C(=O)O[Si](C)(C)C)(C3)C2. The Bertz CT molecular complexity index is 645. The fraction of sp³-hybridized carbons (Fsp3) is 0.842. The average Bonchev–Trinajstić information content (AvgIpc) is 2.42. The van der Waals surface area contributed by atoms with Crippen LogP contribution in [-0.4, -0.2) is 39.6 Å². The molecule has 4 aliphatic carbocycles. The van der Waals surface area contributed by atoms with Crippen LogP contribution in [0, 0.1) is 22.2 Å². The summed E-state index contributed by atoms with van der Waals surface area (Å²) >= 11 is 0. The maximum atomic E-state index is 13.2. The number of carboxylic acid groups (broad SMARTS) is 1. The lowest BCUT2D eigenvalue weighted by atomic mass is 9.39. The third kappa shape index (κ3) is 3.62. The van der Waals surface area contributed by atoms with Crippen molar-refractivity contribution < 1.29 is 28.3 Å². The third-order valence-corrected chi connectivity index (χ3v) is 7.78. The predicted octanol–water partition coefficient (Wildman–Crippen LogP) is 3.78. The maximum absolute atomic E-state index is 13.2. The molecule has 0 aromatic carbocycles. The quantitative estimate of drug-likeness (QED) is 0.691. The molecule has 2 atom stereocenters. The fourth-order valence-electron chi connectivity index (χ4n) is 5.90. The Morgan fingerprint density at radius 3 is 1.41 bits per heavy atom. The minimum Gasteiger partial charge on any atom is -0.519 e. The number of hydrogen-bond donors (Lipinski definition) is 1. The Kier molecular flexibility index (Phi) is 4.51. The zero-order chi connectivity index (χ0) is 20.5. The molecule has 0 heterocycles. The lowest BCUT2D eigenvalue weighted by molar-refractivity contribution is -0.207. The molecular formula is C19H32O6Si2. The van der Waals surface area contributed by atoms with Gasteiger partial charge in [0.25, 0.3) is 11.9 Å². The number of carboxylic acids is 1. The van der Waals surface area contributed by atoms with E-state index in [2.05, 4.69) is 0 Å². The molecule has 0 aromatic rings. The summed E-state index contributed by atoms with van der Waals surface area (Å²) in [7, 11) is -4.24. The monoisotopic (exact) mass is 412 g/mol. The van der Waals surface area contributed by atoms with Gasteiger partial charge in [-0.25, -0.2) is 0 Å². The number of rotatable bonds is 5. The van der Waals surface area contributed by atoms with Crippen molar-refractivity contribution in [1.29, 1.82) is 0 Å². The van der Waals surface area contributed by atoms with E-state index in [1.54, 1.807) is 0 Å². The molecule has 1 N–H and O–H groups in total. The molecule has 152 valence electrons. The lowest BCUT2D eigenvalue weighted by Gasteiger charge is -2.63. The van der Waals surface area contributed by atoms with Crippen molar-refractivity contribution in [3.63, 3.8) is 0 Å². The number of hydrogen-bond acceptors (Lipinski definition) is 5. The third-order valence-electron chi connectivity index (χ3n) is 6.19. The molecule has 0 aromatic heterocycles. The van der Waals surface area contributed by atoms with Gasteiger partial charge in [0.05, 0.1) is 16.2 Å². The molecule has 2 unspecified atom stereocenters. The van der Waals surface area contributed by atoms with Crippen molar-refractivity contribution in [2.24, 2.45) is 22.2 Å². The Balaban J connectivity index is 2.02. The van der Waals surface area contributed by atoms with E-state index in [1.807, 2.05) is 39.3 Å². The molecule has 4 saturated carbocycles. The molecule has 0 saturated heterocycles. The zero-order valence-corrected chi connectivity index (χ0v) is 19.3. The molecular weight excluding hydrogens is 380 g/mol. The largest absolute Gasteiger partial charge is 0.519 e. The first-order valence-electron chi connectivity index (χ1n) is 9.81. The van der Waals surface area contributed by atoms with Gasteiger partial charge in [0.2, 0.25) is 16.6 Å². The fourth-order valence-corrected chi connectivity index (χ4v) is 7.45. The maximum Gasteiger partial charge on any atom is 0.309 e. The summed E-state index contributed by atoms with van der Waals surface area (Å²) in [6.45, 7) is 11.7. The van der Waals surface area contributed by atoms with Crippen LogP contribution in [0.2, 0.25) is 39.3 Å². The minimum absolute atomic E-state index is 0.0562. The summed E-state index contributed by atoms with van der Waals surface area (Å²) in [5.74, 6) is -1.41. The molecule has 4 fully saturated rings. The van der Waals surface area contributed by atoms with Gasteiger partial charge in [-0.2, -0.15) is 0 Å². The van der Waals surface area contributed by atoms with Crippen molar-refractivity contribution in [2.45, 2.75) is 77.8 Å². The summed E-state index contributed by atoms with van der Waals surface area (Å²) in [4.78, 5) is 38.7. The first kappa shape index (κ1) is 20.6. The highest BCUT2D eigenvalue weighted by Gasteiger charge is 2.71. The Hall–Kier alpha value is -1.16. The van der Waals surface area contributed by atoms with Crippen LogP contribution in [0.1, 0.15) is 38.5 Å². The van der Waals surface area contributed by atoms with Crippen molar-refractivity contribution in [3.8, 4) is 0 Å². The van der Waals surface area contributed by atoms with Crippen LogP contribution in [0.4, 0.5) is 0 Å². The standard InChI is InChI=1S/C19H32O6Si2/c1-26(2,3)24-15(22)18-8-13-7-17(10-18,14(20)21)11-19(9-13,12-18)16(23)25-27(4,5)6/h13H,7-12H2,1-6H3,(H,20,21). The van der Waals surface area contributed by atoms with Crippen LogP contribution < -0.4 is 0 Å². The van der Waals surface area contributed by atoms with Crippen LogP contribution in [0.5, 0.6) is 0 Å². The molecule has 4 aliphatic rings. The van der Waals surface area contributed by atoms with Crippen molar-refractivity contribution in [3.05, 3.63) is 0 Å². The van der Waals surface area contributed by atoms with E-state index < -0.39 is 38.8 Å². The lowest BCUT2D eigenvalue weighted by Crippen LogP contribution is -2.64. The molecule has 0 aliphatic heterocycles. The highest BCUT2D eigenvalue weighted by atomic mass is 28.4. The van der Waals surface area contributed by atoms with E-state index in [0.717, 1.165) is 0 Å². The van der Waals surface area contributed by atoms with Gasteiger partial charge in [-0.15, -0.1) is 0 Å². The number of carbonyl (C=O) groups is 3. The van der Waals surface area contributed by atoms with E-state index in [1.165, 1.54) is 0 Å². The summed E-state index contributed by atoms with van der Waals surface area (Å²) in [6, 6.07) is 0. The molecule has 6 nitrogen and oxygen atoms in total. The average molecular weight is 413 g/mol. The molecule has 8 heteroatoms. The molecule has 0 amide bonds. The van der Waals surface area contributed by atoms with Crippen LogP contribution in [-0.2, 0) is 23.2 Å². The highest BCUT2D eigenvalue weighted by molar-refractivity contribution is 6.71. The number of carbonyl (C=O) groups excluding carboxylic acids is 2. The number of aliphatic carboxylic acids is 1. The summed E-state index contributed by atoms with van der Waals surface area (Å²) in [6.07, 6.45) is 2.76. The van der Waals surface area contributed by atoms with Crippen molar-refractivity contribution in [1.82, 2.24) is 0 Å². The van der Waals surface area contributed by atoms with Gasteiger partial charge < -0.3 is 14.0 Å². The zero-order valence-electron chi connectivity index (χ0n) is 17.3. The summed E-state index contributed by atoms with van der Waals surface area (Å²) < 4.78 is 11.7. The van der Waals surface area contributed by atoms with Gasteiger partial charge in [0, 0.05) is 0 Å². The Morgan fingerprint density at radius 2 is 1.07 bits per heavy atom. The first-order valence-corrected chi connectivity index (χ1v) is 16.6. The van der Waals surface area contributed by atoms with E-state index in [0.29, 0.717) is 25.7 Å². The van der Waals surface area contributed by atoms with Crippen LogP contribution >= 0.6 is 0 Å². The van der Waals surface area contributed by atoms with Crippen LogP contribution in [0.15, 0.2) is 0 Å². The first-order chi connectivity index (χ1) is 12.1. The smallest absolute Gasteiger partial charge is 0.309 e. The second-order valence-electron chi connectivity index (χ2n) is 11.2. The van der Waals surface area contributed by atoms with E-state index >= 15 is 0 Å².